The maximum Gasteiger partial charge on any atom is 0.306 e. The summed E-state index contributed by atoms with van der Waals surface area (Å²) in [6.07, 6.45) is 87.9. The van der Waals surface area contributed by atoms with Crippen molar-refractivity contribution in [1.29, 1.82) is 0 Å². The highest BCUT2D eigenvalue weighted by Gasteiger charge is 2.19. The average Bonchev–Trinajstić information content (AvgIpc) is 3.45. The fraction of sp³-hybridized carbons (Fsp3) is 0.795. The first-order chi connectivity index (χ1) is 39.0. The summed E-state index contributed by atoms with van der Waals surface area (Å²) < 4.78 is 16.9. The number of allylic oxidation sites excluding steroid dienone is 12. The van der Waals surface area contributed by atoms with Crippen LogP contribution in [0.3, 0.4) is 0 Å². The third kappa shape index (κ3) is 65.5. The SMILES string of the molecule is CC/C=C\C/C=C\C/C=C\C/C=C\CCCCCCCCCCCCCCC(=O)OCC(COC(=O)CCCCCCC/C=C\CCCC)OC(=O)CCCCCCCCCCCCCCC/C=C\CCCCCCCCCC. The van der Waals surface area contributed by atoms with E-state index >= 15 is 0 Å². The molecule has 0 aromatic carbocycles. The van der Waals surface area contributed by atoms with Crippen LogP contribution in [0.1, 0.15) is 355 Å². The Labute approximate surface area is 491 Å². The number of rotatable bonds is 63. The number of unbranched alkanes of at least 4 members (excludes halogenated alkanes) is 40. The summed E-state index contributed by atoms with van der Waals surface area (Å²) in [5.41, 5.74) is 0. The molecule has 0 radical (unpaired) electrons. The standard InChI is InChI=1S/C73H130O6/c1-4-7-10-13-16-19-22-24-26-28-30-32-34-36-38-40-42-44-46-48-51-54-57-60-63-66-72(75)78-69-70(68-77-71(74)65-62-59-56-53-50-21-18-15-12-9-6-3)79-73(76)67-64-61-58-55-52-49-47-45-43-41-39-37-35-33-31-29-27-25-23-20-17-14-11-8-5-2/h7,10,15-16,18-19,24,26,29-32,70H,4-6,8-9,11-14,17,20-23,25,27-28,33-69H2,1-3H3/b10-7-,18-15-,19-16-,26-24-,31-29-,32-30-. The molecule has 0 saturated heterocycles. The molecule has 0 aromatic rings. The molecule has 0 aliphatic carbocycles. The van der Waals surface area contributed by atoms with Crippen molar-refractivity contribution in [3.05, 3.63) is 72.9 Å². The summed E-state index contributed by atoms with van der Waals surface area (Å²) in [5, 5.41) is 0. The molecule has 6 nitrogen and oxygen atoms in total. The number of hydrogen-bond acceptors (Lipinski definition) is 6. The van der Waals surface area contributed by atoms with Gasteiger partial charge in [-0.3, -0.25) is 14.4 Å². The van der Waals surface area contributed by atoms with Crippen LogP contribution in [0.25, 0.3) is 0 Å². The van der Waals surface area contributed by atoms with Crippen LogP contribution >= 0.6 is 0 Å². The molecule has 0 amide bonds. The van der Waals surface area contributed by atoms with E-state index in [-0.39, 0.29) is 31.1 Å². The summed E-state index contributed by atoms with van der Waals surface area (Å²) in [4.78, 5) is 38.3. The Morgan fingerprint density at radius 2 is 0.506 bits per heavy atom. The van der Waals surface area contributed by atoms with E-state index in [1.165, 1.54) is 225 Å². The average molecular weight is 1100 g/mol. The zero-order valence-corrected chi connectivity index (χ0v) is 52.6. The molecule has 0 aliphatic rings. The molecule has 0 saturated carbocycles. The minimum Gasteiger partial charge on any atom is -0.462 e. The van der Waals surface area contributed by atoms with Crippen LogP contribution in [0.4, 0.5) is 0 Å². The molecular formula is C73H130O6. The zero-order chi connectivity index (χ0) is 57.1. The van der Waals surface area contributed by atoms with Gasteiger partial charge >= 0.3 is 17.9 Å². The molecule has 458 valence electrons. The second-order valence-electron chi connectivity index (χ2n) is 23.1. The molecule has 0 bridgehead atoms. The smallest absolute Gasteiger partial charge is 0.306 e. The Morgan fingerprint density at radius 1 is 0.266 bits per heavy atom. The molecule has 0 fully saturated rings. The molecule has 1 unspecified atom stereocenters. The Balaban J connectivity index is 4.22. The Morgan fingerprint density at radius 3 is 0.823 bits per heavy atom. The van der Waals surface area contributed by atoms with Gasteiger partial charge in [-0.25, -0.2) is 0 Å². The third-order valence-corrected chi connectivity index (χ3v) is 15.2. The van der Waals surface area contributed by atoms with Crippen molar-refractivity contribution in [3.63, 3.8) is 0 Å². The van der Waals surface area contributed by atoms with Crippen LogP contribution in [-0.4, -0.2) is 37.2 Å². The molecule has 0 aromatic heterocycles. The molecule has 79 heavy (non-hydrogen) atoms. The van der Waals surface area contributed by atoms with Gasteiger partial charge in [0, 0.05) is 19.3 Å². The van der Waals surface area contributed by atoms with Crippen molar-refractivity contribution in [1.82, 2.24) is 0 Å². The van der Waals surface area contributed by atoms with Crippen LogP contribution in [0.5, 0.6) is 0 Å². The van der Waals surface area contributed by atoms with E-state index in [4.69, 9.17) is 14.2 Å². The van der Waals surface area contributed by atoms with E-state index in [2.05, 4.69) is 93.7 Å². The lowest BCUT2D eigenvalue weighted by Crippen LogP contribution is -2.30. The Hall–Kier alpha value is -3.15. The molecule has 6 heteroatoms. The molecular weight excluding hydrogens is 973 g/mol. The van der Waals surface area contributed by atoms with Crippen LogP contribution < -0.4 is 0 Å². The highest BCUT2D eigenvalue weighted by Crippen LogP contribution is 2.17. The van der Waals surface area contributed by atoms with Crippen molar-refractivity contribution >= 4 is 17.9 Å². The fourth-order valence-corrected chi connectivity index (χ4v) is 10.0. The van der Waals surface area contributed by atoms with Crippen LogP contribution in [0.15, 0.2) is 72.9 Å². The monoisotopic (exact) mass is 1100 g/mol. The maximum atomic E-state index is 12.9. The van der Waals surface area contributed by atoms with Gasteiger partial charge in [0.1, 0.15) is 13.2 Å². The summed E-state index contributed by atoms with van der Waals surface area (Å²) in [6, 6.07) is 0. The van der Waals surface area contributed by atoms with Crippen LogP contribution in [0, 0.1) is 0 Å². The highest BCUT2D eigenvalue weighted by molar-refractivity contribution is 5.71. The van der Waals surface area contributed by atoms with E-state index in [1.54, 1.807) is 0 Å². The van der Waals surface area contributed by atoms with Gasteiger partial charge in [-0.05, 0) is 103 Å². The zero-order valence-electron chi connectivity index (χ0n) is 52.6. The van der Waals surface area contributed by atoms with Gasteiger partial charge in [-0.2, -0.15) is 0 Å². The van der Waals surface area contributed by atoms with E-state index in [0.717, 1.165) is 89.9 Å². The van der Waals surface area contributed by atoms with Crippen molar-refractivity contribution < 1.29 is 28.6 Å². The number of carbonyl (C=O) groups excluding carboxylic acids is 3. The van der Waals surface area contributed by atoms with E-state index in [1.807, 2.05) is 0 Å². The first-order valence-electron chi connectivity index (χ1n) is 34.4. The second kappa shape index (κ2) is 67.4. The topological polar surface area (TPSA) is 78.9 Å². The van der Waals surface area contributed by atoms with E-state index in [0.29, 0.717) is 19.3 Å². The number of hydrogen-bond donors (Lipinski definition) is 0. The molecule has 0 spiro atoms. The van der Waals surface area contributed by atoms with Crippen molar-refractivity contribution in [2.75, 3.05) is 13.2 Å². The predicted molar refractivity (Wildman–Crippen MR) is 344 cm³/mol. The minimum atomic E-state index is -0.779. The van der Waals surface area contributed by atoms with Gasteiger partial charge < -0.3 is 14.2 Å². The first kappa shape index (κ1) is 75.8. The van der Waals surface area contributed by atoms with E-state index in [9.17, 15) is 14.4 Å². The largest absolute Gasteiger partial charge is 0.462 e. The lowest BCUT2D eigenvalue weighted by molar-refractivity contribution is -0.167. The van der Waals surface area contributed by atoms with E-state index < -0.39 is 6.10 Å². The van der Waals surface area contributed by atoms with Crippen LogP contribution in [-0.2, 0) is 28.6 Å². The quantitative estimate of drug-likeness (QED) is 0.0261. The Kier molecular flexibility index (Phi) is 64.7. The van der Waals surface area contributed by atoms with Crippen molar-refractivity contribution in [2.45, 2.75) is 361 Å². The predicted octanol–water partition coefficient (Wildman–Crippen LogP) is 23.7. The summed E-state index contributed by atoms with van der Waals surface area (Å²) in [6.45, 7) is 6.53. The number of ether oxygens (including phenoxy) is 3. The van der Waals surface area contributed by atoms with Gasteiger partial charge in [-0.15, -0.1) is 0 Å². The van der Waals surface area contributed by atoms with Gasteiger partial charge in [-0.1, -0.05) is 306 Å². The normalized spacial score (nSPS) is 12.5. The van der Waals surface area contributed by atoms with Crippen molar-refractivity contribution in [2.24, 2.45) is 0 Å². The lowest BCUT2D eigenvalue weighted by atomic mass is 10.0. The van der Waals surface area contributed by atoms with Gasteiger partial charge in [0.05, 0.1) is 0 Å². The van der Waals surface area contributed by atoms with Gasteiger partial charge in [0.2, 0.25) is 0 Å². The molecule has 0 rings (SSSR count). The lowest BCUT2D eigenvalue weighted by Gasteiger charge is -2.18. The van der Waals surface area contributed by atoms with Crippen LogP contribution in [0.2, 0.25) is 0 Å². The van der Waals surface area contributed by atoms with Gasteiger partial charge in [0.15, 0.2) is 6.10 Å². The van der Waals surface area contributed by atoms with Gasteiger partial charge in [0.25, 0.3) is 0 Å². The minimum absolute atomic E-state index is 0.0763. The molecule has 0 aliphatic heterocycles. The Bertz CT molecular complexity index is 1450. The fourth-order valence-electron chi connectivity index (χ4n) is 10.0. The highest BCUT2D eigenvalue weighted by atomic mass is 16.6. The number of esters is 3. The molecule has 0 heterocycles. The molecule has 0 N–H and O–H groups in total. The van der Waals surface area contributed by atoms with Crippen molar-refractivity contribution in [3.8, 4) is 0 Å². The second-order valence-corrected chi connectivity index (χ2v) is 23.1. The maximum absolute atomic E-state index is 12.9. The summed E-state index contributed by atoms with van der Waals surface area (Å²) in [5.74, 6) is -0.870. The number of carbonyl (C=O) groups is 3. The summed E-state index contributed by atoms with van der Waals surface area (Å²) >= 11 is 0. The third-order valence-electron chi connectivity index (χ3n) is 15.2. The first-order valence-corrected chi connectivity index (χ1v) is 34.4. The summed E-state index contributed by atoms with van der Waals surface area (Å²) in [7, 11) is 0. The molecule has 1 atom stereocenters.